The molecule has 0 spiro atoms. The van der Waals surface area contributed by atoms with Crippen molar-refractivity contribution in [3.63, 3.8) is 0 Å². The van der Waals surface area contributed by atoms with E-state index in [0.29, 0.717) is 22.6 Å². The first kappa shape index (κ1) is 20.1. The lowest BCUT2D eigenvalue weighted by molar-refractivity contribution is 0.102. The van der Waals surface area contributed by atoms with Crippen LogP contribution in [0.3, 0.4) is 0 Å². The van der Waals surface area contributed by atoms with Gasteiger partial charge >= 0.3 is 6.03 Å². The topological polar surface area (TPSA) is 88.1 Å². The van der Waals surface area contributed by atoms with Crippen LogP contribution in [-0.4, -0.2) is 27.8 Å². The first-order valence-electron chi connectivity index (χ1n) is 9.13. The Hall–Kier alpha value is -3.68. The number of para-hydroxylation sites is 1. The number of anilines is 2. The minimum atomic E-state index is -0.421. The highest BCUT2D eigenvalue weighted by atomic mass is 19.1. The van der Waals surface area contributed by atoms with Crippen molar-refractivity contribution in [1.82, 2.24) is 15.1 Å². The Kier molecular flexibility index (Phi) is 5.92. The van der Waals surface area contributed by atoms with E-state index in [1.807, 2.05) is 13.8 Å². The van der Waals surface area contributed by atoms with E-state index >= 15 is 0 Å². The minimum Gasteiger partial charge on any atom is -0.336 e. The lowest BCUT2D eigenvalue weighted by atomic mass is 10.2. The average molecular weight is 395 g/mol. The molecule has 0 fully saturated rings. The molecule has 0 saturated carbocycles. The van der Waals surface area contributed by atoms with Crippen LogP contribution < -0.4 is 16.0 Å². The van der Waals surface area contributed by atoms with Crippen molar-refractivity contribution in [2.75, 3.05) is 10.6 Å². The van der Waals surface area contributed by atoms with Gasteiger partial charge in [-0.2, -0.15) is 5.10 Å². The van der Waals surface area contributed by atoms with E-state index in [4.69, 9.17) is 0 Å². The van der Waals surface area contributed by atoms with E-state index in [1.54, 1.807) is 49.4 Å². The van der Waals surface area contributed by atoms with Crippen LogP contribution in [0.4, 0.5) is 20.6 Å². The zero-order valence-electron chi connectivity index (χ0n) is 16.4. The Balaban J connectivity index is 1.70. The third-order valence-corrected chi connectivity index (χ3v) is 4.16. The van der Waals surface area contributed by atoms with Gasteiger partial charge in [-0.15, -0.1) is 0 Å². The van der Waals surface area contributed by atoms with Gasteiger partial charge in [0.1, 0.15) is 11.5 Å². The molecule has 29 heavy (non-hydrogen) atoms. The number of hydrogen-bond acceptors (Lipinski definition) is 3. The fraction of sp³-hybridized carbons (Fsp3) is 0.190. The fourth-order valence-corrected chi connectivity index (χ4v) is 2.76. The largest absolute Gasteiger partial charge is 0.336 e. The predicted octanol–water partition coefficient (Wildman–Crippen LogP) is 4.10. The Labute approximate surface area is 167 Å². The van der Waals surface area contributed by atoms with Crippen molar-refractivity contribution >= 4 is 23.3 Å². The van der Waals surface area contributed by atoms with E-state index in [0.717, 1.165) is 0 Å². The summed E-state index contributed by atoms with van der Waals surface area (Å²) in [6.07, 6.45) is 1.41. The molecule has 0 atom stereocenters. The Morgan fingerprint density at radius 3 is 2.24 bits per heavy atom. The van der Waals surface area contributed by atoms with Crippen LogP contribution in [0.2, 0.25) is 0 Å². The summed E-state index contributed by atoms with van der Waals surface area (Å²) in [6.45, 7) is 5.44. The van der Waals surface area contributed by atoms with Crippen LogP contribution in [-0.2, 0) is 0 Å². The molecule has 0 aliphatic carbocycles. The number of aromatic nitrogens is 2. The molecular formula is C21H22FN5O2. The smallest absolute Gasteiger partial charge is 0.319 e. The van der Waals surface area contributed by atoms with Gasteiger partial charge in [-0.25, -0.2) is 13.9 Å². The van der Waals surface area contributed by atoms with Crippen molar-refractivity contribution in [3.8, 4) is 5.69 Å². The maximum atomic E-state index is 14.0. The molecule has 3 rings (SSSR count). The zero-order chi connectivity index (χ0) is 21.0. The summed E-state index contributed by atoms with van der Waals surface area (Å²) in [5.41, 5.74) is 2.30. The van der Waals surface area contributed by atoms with E-state index in [9.17, 15) is 14.0 Å². The number of urea groups is 1. The van der Waals surface area contributed by atoms with E-state index in [2.05, 4.69) is 21.0 Å². The molecule has 3 amide bonds. The fourth-order valence-electron chi connectivity index (χ4n) is 2.76. The molecule has 0 aliphatic heterocycles. The summed E-state index contributed by atoms with van der Waals surface area (Å²) >= 11 is 0. The maximum Gasteiger partial charge on any atom is 0.319 e. The second-order valence-corrected chi connectivity index (χ2v) is 6.79. The molecule has 7 nitrogen and oxygen atoms in total. The van der Waals surface area contributed by atoms with Gasteiger partial charge in [-0.05, 0) is 57.2 Å². The number of benzene rings is 2. The third kappa shape index (κ3) is 4.78. The summed E-state index contributed by atoms with van der Waals surface area (Å²) < 4.78 is 15.4. The molecule has 1 aromatic heterocycles. The number of carbonyl (C=O) groups is 2. The number of halogens is 1. The zero-order valence-corrected chi connectivity index (χ0v) is 16.4. The molecule has 0 bridgehead atoms. The normalized spacial score (nSPS) is 10.7. The van der Waals surface area contributed by atoms with Crippen molar-refractivity contribution in [1.29, 1.82) is 0 Å². The lowest BCUT2D eigenvalue weighted by Crippen LogP contribution is -2.34. The van der Waals surface area contributed by atoms with Gasteiger partial charge in [0.25, 0.3) is 5.91 Å². The monoisotopic (exact) mass is 395 g/mol. The average Bonchev–Trinajstić information content (AvgIpc) is 3.04. The Bertz CT molecular complexity index is 1030. The summed E-state index contributed by atoms with van der Waals surface area (Å²) in [4.78, 5) is 24.3. The number of hydrogen-bond donors (Lipinski definition) is 3. The SMILES string of the molecule is Cc1c(C(=O)Nc2ccc(NC(=O)NC(C)C)cc2)cnn1-c1ccccc1F. The van der Waals surface area contributed by atoms with Gasteiger partial charge in [-0.1, -0.05) is 12.1 Å². The molecule has 3 aromatic rings. The standard InChI is InChI=1S/C21H22FN5O2/c1-13(2)24-21(29)26-16-10-8-15(9-11-16)25-20(28)17-12-23-27(14(17)3)19-7-5-4-6-18(19)22/h4-13H,1-3H3,(H,25,28)(H2,24,26,29). The molecule has 8 heteroatoms. The van der Waals surface area contributed by atoms with Crippen LogP contribution in [0.15, 0.2) is 54.7 Å². The molecular weight excluding hydrogens is 373 g/mol. The van der Waals surface area contributed by atoms with Crippen LogP contribution in [0.25, 0.3) is 5.69 Å². The molecule has 0 aliphatic rings. The summed E-state index contributed by atoms with van der Waals surface area (Å²) in [5, 5.41) is 12.4. The Morgan fingerprint density at radius 1 is 1.00 bits per heavy atom. The quantitative estimate of drug-likeness (QED) is 0.608. The highest BCUT2D eigenvalue weighted by Crippen LogP contribution is 2.19. The highest BCUT2D eigenvalue weighted by molar-refractivity contribution is 6.05. The second-order valence-electron chi connectivity index (χ2n) is 6.79. The van der Waals surface area contributed by atoms with Crippen molar-refractivity contribution in [3.05, 3.63) is 71.8 Å². The Morgan fingerprint density at radius 2 is 1.62 bits per heavy atom. The summed E-state index contributed by atoms with van der Waals surface area (Å²) in [6, 6.07) is 12.7. The number of rotatable bonds is 5. The van der Waals surface area contributed by atoms with Gasteiger partial charge < -0.3 is 16.0 Å². The van der Waals surface area contributed by atoms with E-state index < -0.39 is 5.82 Å². The number of amides is 3. The first-order valence-corrected chi connectivity index (χ1v) is 9.13. The van der Waals surface area contributed by atoms with E-state index in [1.165, 1.54) is 16.9 Å². The molecule has 0 saturated heterocycles. The van der Waals surface area contributed by atoms with Gasteiger partial charge in [0.05, 0.1) is 17.5 Å². The van der Waals surface area contributed by atoms with Crippen LogP contribution in [0, 0.1) is 12.7 Å². The predicted molar refractivity (Wildman–Crippen MR) is 110 cm³/mol. The lowest BCUT2D eigenvalue weighted by Gasteiger charge is -2.11. The number of nitrogens with zero attached hydrogens (tertiary/aromatic N) is 2. The molecule has 2 aromatic carbocycles. The second kappa shape index (κ2) is 8.55. The van der Waals surface area contributed by atoms with Crippen LogP contribution >= 0.6 is 0 Å². The summed E-state index contributed by atoms with van der Waals surface area (Å²) in [5.74, 6) is -0.779. The first-order chi connectivity index (χ1) is 13.8. The van der Waals surface area contributed by atoms with Crippen molar-refractivity contribution in [2.45, 2.75) is 26.8 Å². The molecule has 150 valence electrons. The van der Waals surface area contributed by atoms with Crippen molar-refractivity contribution in [2.24, 2.45) is 0 Å². The van der Waals surface area contributed by atoms with Crippen LogP contribution in [0.5, 0.6) is 0 Å². The number of nitrogens with one attached hydrogen (secondary N) is 3. The molecule has 3 N–H and O–H groups in total. The van der Waals surface area contributed by atoms with Crippen LogP contribution in [0.1, 0.15) is 29.9 Å². The third-order valence-electron chi connectivity index (χ3n) is 4.16. The number of carbonyl (C=O) groups excluding carboxylic acids is 2. The molecule has 0 unspecified atom stereocenters. The van der Waals surface area contributed by atoms with Gasteiger partial charge in [0.2, 0.25) is 0 Å². The van der Waals surface area contributed by atoms with Gasteiger partial charge in [0.15, 0.2) is 0 Å². The highest BCUT2D eigenvalue weighted by Gasteiger charge is 2.17. The van der Waals surface area contributed by atoms with E-state index in [-0.39, 0.29) is 23.7 Å². The van der Waals surface area contributed by atoms with Gasteiger partial charge in [0, 0.05) is 17.4 Å². The van der Waals surface area contributed by atoms with Gasteiger partial charge in [-0.3, -0.25) is 4.79 Å². The minimum absolute atomic E-state index is 0.0297. The summed E-state index contributed by atoms with van der Waals surface area (Å²) in [7, 11) is 0. The molecule has 0 radical (unpaired) electrons. The van der Waals surface area contributed by atoms with Crippen molar-refractivity contribution < 1.29 is 14.0 Å². The molecule has 1 heterocycles. The maximum absolute atomic E-state index is 14.0.